The third-order valence-electron chi connectivity index (χ3n) is 7.15. The van der Waals surface area contributed by atoms with Gasteiger partial charge in [-0.3, -0.25) is 9.78 Å². The first-order valence-corrected chi connectivity index (χ1v) is 13.6. The third-order valence-corrected chi connectivity index (χ3v) is 7.51. The number of nitrogens with one attached hydrogen (secondary N) is 2. The number of hydrogen-bond donors (Lipinski definition) is 3. The van der Waals surface area contributed by atoms with E-state index in [9.17, 15) is 14.7 Å². The Morgan fingerprint density at radius 3 is 2.61 bits per heavy atom. The van der Waals surface area contributed by atoms with Crippen molar-refractivity contribution >= 4 is 45.7 Å². The van der Waals surface area contributed by atoms with E-state index in [4.69, 9.17) is 16.6 Å². The zero-order valence-corrected chi connectivity index (χ0v) is 22.7. The summed E-state index contributed by atoms with van der Waals surface area (Å²) in [4.78, 5) is 31.1. The van der Waals surface area contributed by atoms with Crippen molar-refractivity contribution in [2.75, 3.05) is 11.9 Å². The van der Waals surface area contributed by atoms with Crippen LogP contribution in [0.1, 0.15) is 40.3 Å². The first-order chi connectivity index (χ1) is 20.0. The first kappa shape index (κ1) is 26.2. The summed E-state index contributed by atoms with van der Waals surface area (Å²) in [5.41, 5.74) is 2.38. The van der Waals surface area contributed by atoms with Gasteiger partial charge in [-0.15, -0.1) is 0 Å². The molecule has 2 aromatic heterocycles. The van der Waals surface area contributed by atoms with Crippen LogP contribution in [0.25, 0.3) is 22.1 Å². The molecule has 2 unspecified atom stereocenters. The first-order valence-electron chi connectivity index (χ1n) is 13.2. The van der Waals surface area contributed by atoms with Gasteiger partial charge >= 0.3 is 5.97 Å². The molecule has 8 nitrogen and oxygen atoms in total. The number of rotatable bonds is 8. The number of hydrogen-bond acceptors (Lipinski definition) is 5. The Bertz CT molecular complexity index is 1750. The second-order valence-electron chi connectivity index (χ2n) is 9.73. The highest BCUT2D eigenvalue weighted by Gasteiger charge is 2.41. The smallest absolute Gasteiger partial charge is 0.335 e. The molecular formula is C32H26N4O4S. The van der Waals surface area contributed by atoms with E-state index >= 15 is 0 Å². The molecule has 3 heterocycles. The molecule has 0 bridgehead atoms. The second-order valence-corrected chi connectivity index (χ2v) is 10.1. The van der Waals surface area contributed by atoms with Crippen molar-refractivity contribution in [3.8, 4) is 11.3 Å². The predicted molar refractivity (Wildman–Crippen MR) is 160 cm³/mol. The van der Waals surface area contributed by atoms with Crippen LogP contribution < -0.4 is 10.6 Å². The molecule has 9 heteroatoms. The van der Waals surface area contributed by atoms with Gasteiger partial charge in [-0.25, -0.2) is 4.79 Å². The normalized spacial score (nSPS) is 16.5. The number of aromatic carboxylic acids is 1. The number of carbonyl (C=O) groups is 2. The number of pyridine rings is 1. The Kier molecular flexibility index (Phi) is 7.18. The van der Waals surface area contributed by atoms with Crippen molar-refractivity contribution in [3.63, 3.8) is 0 Å². The van der Waals surface area contributed by atoms with Crippen LogP contribution in [0.2, 0.25) is 0 Å². The summed E-state index contributed by atoms with van der Waals surface area (Å²) in [6.07, 6.45) is 1.92. The molecule has 1 aliphatic heterocycles. The van der Waals surface area contributed by atoms with Gasteiger partial charge in [-0.1, -0.05) is 54.6 Å². The molecule has 5 aromatic rings. The maximum absolute atomic E-state index is 13.1. The number of aromatic nitrogens is 1. The van der Waals surface area contributed by atoms with Crippen LogP contribution in [0.5, 0.6) is 0 Å². The van der Waals surface area contributed by atoms with Crippen molar-refractivity contribution in [1.29, 1.82) is 0 Å². The number of amides is 1. The lowest BCUT2D eigenvalue weighted by molar-refractivity contribution is -0.116. The van der Waals surface area contributed by atoms with E-state index in [1.165, 1.54) is 6.07 Å². The minimum absolute atomic E-state index is 0.130. The molecule has 204 valence electrons. The molecule has 1 amide bonds. The maximum atomic E-state index is 13.1. The topological polar surface area (TPSA) is 108 Å². The van der Waals surface area contributed by atoms with Crippen molar-refractivity contribution in [2.24, 2.45) is 0 Å². The highest BCUT2D eigenvalue weighted by atomic mass is 32.1. The lowest BCUT2D eigenvalue weighted by atomic mass is 10.0. The number of nitrogens with zero attached hydrogens (tertiary/aromatic N) is 2. The predicted octanol–water partition coefficient (Wildman–Crippen LogP) is 6.19. The third kappa shape index (κ3) is 5.39. The van der Waals surface area contributed by atoms with E-state index in [2.05, 4.69) is 15.6 Å². The Morgan fingerprint density at radius 1 is 0.976 bits per heavy atom. The lowest BCUT2D eigenvalue weighted by Crippen LogP contribution is -2.32. The SMILES string of the molecule is O=C(CCN1C(=S)NC(c2ccccn2)C1c1ccc(-c2cccc(C(=O)O)c2)o1)Nc1cccc2ccccc12. The minimum atomic E-state index is -1.01. The summed E-state index contributed by atoms with van der Waals surface area (Å²) in [6, 6.07) is 29.0. The van der Waals surface area contributed by atoms with E-state index in [0.29, 0.717) is 28.7 Å². The molecule has 0 aliphatic carbocycles. The van der Waals surface area contributed by atoms with Crippen LogP contribution in [0, 0.1) is 0 Å². The monoisotopic (exact) mass is 562 g/mol. The molecule has 1 fully saturated rings. The summed E-state index contributed by atoms with van der Waals surface area (Å²) in [6.45, 7) is 0.348. The van der Waals surface area contributed by atoms with Gasteiger partial charge in [0, 0.05) is 35.8 Å². The Morgan fingerprint density at radius 2 is 1.78 bits per heavy atom. The summed E-state index contributed by atoms with van der Waals surface area (Å²) < 4.78 is 6.31. The molecule has 41 heavy (non-hydrogen) atoms. The average molecular weight is 563 g/mol. The quantitative estimate of drug-likeness (QED) is 0.192. The number of carboxylic acids is 1. The largest absolute Gasteiger partial charge is 0.478 e. The zero-order valence-electron chi connectivity index (χ0n) is 21.9. The van der Waals surface area contributed by atoms with Gasteiger partial charge in [0.15, 0.2) is 5.11 Å². The van der Waals surface area contributed by atoms with Gasteiger partial charge in [-0.05, 0) is 60.1 Å². The van der Waals surface area contributed by atoms with Gasteiger partial charge in [0.25, 0.3) is 0 Å². The van der Waals surface area contributed by atoms with Crippen LogP contribution in [0.4, 0.5) is 5.69 Å². The van der Waals surface area contributed by atoms with E-state index in [1.54, 1.807) is 24.4 Å². The van der Waals surface area contributed by atoms with E-state index in [-0.39, 0.29) is 30.0 Å². The Balaban J connectivity index is 1.26. The van der Waals surface area contributed by atoms with Crippen molar-refractivity contribution in [3.05, 3.63) is 120 Å². The molecule has 1 aliphatic rings. The van der Waals surface area contributed by atoms with Crippen LogP contribution in [0.3, 0.4) is 0 Å². The summed E-state index contributed by atoms with van der Waals surface area (Å²) >= 11 is 5.73. The van der Waals surface area contributed by atoms with Crippen LogP contribution in [-0.4, -0.2) is 38.5 Å². The molecule has 6 rings (SSSR count). The maximum Gasteiger partial charge on any atom is 0.335 e. The van der Waals surface area contributed by atoms with Gasteiger partial charge in [0.2, 0.25) is 5.91 Å². The van der Waals surface area contributed by atoms with Crippen molar-refractivity contribution in [2.45, 2.75) is 18.5 Å². The number of fused-ring (bicyclic) bond motifs is 1. The van der Waals surface area contributed by atoms with Crippen LogP contribution >= 0.6 is 12.2 Å². The van der Waals surface area contributed by atoms with Crippen LogP contribution in [-0.2, 0) is 4.79 Å². The standard InChI is InChI=1S/C32H26N4O4S/c37-28(34-24-13-6-8-20-7-1-2-11-23(20)24)16-18-36-30(29(35-32(36)41)25-12-3-4-17-33-25)27-15-14-26(40-27)21-9-5-10-22(19-21)31(38)39/h1-15,17,19,29-30H,16,18H2,(H,34,37)(H,35,41)(H,38,39). The summed E-state index contributed by atoms with van der Waals surface area (Å²) in [5, 5.41) is 18.3. The number of carbonyl (C=O) groups excluding carboxylic acids is 1. The number of benzene rings is 3. The molecule has 0 spiro atoms. The Hall–Kier alpha value is -5.02. The van der Waals surface area contributed by atoms with Gasteiger partial charge in [0.05, 0.1) is 17.3 Å². The summed E-state index contributed by atoms with van der Waals surface area (Å²) in [5.74, 6) is 0.0227. The molecule has 3 aromatic carbocycles. The summed E-state index contributed by atoms with van der Waals surface area (Å²) in [7, 11) is 0. The van der Waals surface area contributed by atoms with E-state index in [0.717, 1.165) is 22.2 Å². The lowest BCUT2D eigenvalue weighted by Gasteiger charge is -2.26. The van der Waals surface area contributed by atoms with Crippen LogP contribution in [0.15, 0.2) is 108 Å². The fourth-order valence-corrected chi connectivity index (χ4v) is 5.53. The minimum Gasteiger partial charge on any atom is -0.478 e. The molecule has 3 N–H and O–H groups in total. The number of thiocarbonyl (C=S) groups is 1. The fourth-order valence-electron chi connectivity index (χ4n) is 5.20. The molecular weight excluding hydrogens is 536 g/mol. The highest BCUT2D eigenvalue weighted by Crippen LogP contribution is 2.40. The molecule has 2 atom stereocenters. The number of carboxylic acid groups (broad SMARTS) is 1. The van der Waals surface area contributed by atoms with Crippen molar-refractivity contribution in [1.82, 2.24) is 15.2 Å². The average Bonchev–Trinajstić information content (AvgIpc) is 3.61. The zero-order chi connectivity index (χ0) is 28.3. The van der Waals surface area contributed by atoms with E-state index < -0.39 is 5.97 Å². The number of anilines is 1. The number of furan rings is 1. The van der Waals surface area contributed by atoms with Gasteiger partial charge in [-0.2, -0.15) is 0 Å². The fraction of sp³-hybridized carbons (Fsp3) is 0.125. The van der Waals surface area contributed by atoms with Gasteiger partial charge < -0.3 is 25.1 Å². The molecule has 0 radical (unpaired) electrons. The highest BCUT2D eigenvalue weighted by molar-refractivity contribution is 7.80. The molecule has 1 saturated heterocycles. The second kappa shape index (κ2) is 11.2. The Labute approximate surface area is 241 Å². The van der Waals surface area contributed by atoms with Crippen molar-refractivity contribution < 1.29 is 19.1 Å². The van der Waals surface area contributed by atoms with E-state index in [1.807, 2.05) is 77.7 Å². The molecule has 0 saturated carbocycles. The van der Waals surface area contributed by atoms with Gasteiger partial charge in [0.1, 0.15) is 17.6 Å².